The van der Waals surface area contributed by atoms with E-state index in [-0.39, 0.29) is 42.7 Å². The van der Waals surface area contributed by atoms with Crippen LogP contribution in [0.25, 0.3) is 0 Å². The van der Waals surface area contributed by atoms with E-state index >= 15 is 0 Å². The van der Waals surface area contributed by atoms with Gasteiger partial charge in [0, 0.05) is 55.5 Å². The first-order valence-electron chi connectivity index (χ1n) is 14.7. The number of piperidine rings is 2. The number of aromatic nitrogens is 3. The number of carbonyl (C=O) groups is 2. The number of fused-ring (bicyclic) bond motifs is 1. The third kappa shape index (κ3) is 5.58. The summed E-state index contributed by atoms with van der Waals surface area (Å²) in [5, 5.41) is 14.3. The van der Waals surface area contributed by atoms with E-state index in [4.69, 9.17) is 31.3 Å². The Morgan fingerprint density at radius 3 is 2.62 bits per heavy atom. The van der Waals surface area contributed by atoms with E-state index in [1.54, 1.807) is 18.3 Å². The minimum absolute atomic E-state index is 0.00832. The summed E-state index contributed by atoms with van der Waals surface area (Å²) < 4.78 is 13.6. The molecule has 2 aromatic heterocycles. The number of nitrogens with zero attached hydrogens (tertiary/aromatic N) is 5. The number of carbonyl (C=O) groups excluding carboxylic acids is 2. The van der Waals surface area contributed by atoms with Gasteiger partial charge in [0.2, 0.25) is 11.8 Å². The molecule has 2 aliphatic heterocycles. The first-order chi connectivity index (χ1) is 19.5. The molecule has 0 bridgehead atoms. The first-order valence-corrected chi connectivity index (χ1v) is 15.0. The molecule has 4 aliphatic rings. The molecule has 6 rings (SSSR count). The number of hydrogen-bond acceptors (Lipinski definition) is 7. The van der Waals surface area contributed by atoms with Crippen molar-refractivity contribution >= 4 is 23.4 Å². The normalized spacial score (nSPS) is 22.3. The second kappa shape index (κ2) is 11.7. The van der Waals surface area contributed by atoms with Crippen molar-refractivity contribution in [2.24, 2.45) is 0 Å². The fraction of sp³-hybridized carbons (Fsp3) is 0.655. The summed E-state index contributed by atoms with van der Waals surface area (Å²) >= 11 is 6.25. The van der Waals surface area contributed by atoms with Gasteiger partial charge in [-0.3, -0.25) is 14.3 Å². The number of ether oxygens (including phenoxy) is 2. The molecule has 4 heterocycles. The highest BCUT2D eigenvalue weighted by molar-refractivity contribution is 6.31. The van der Waals surface area contributed by atoms with Gasteiger partial charge in [-0.05, 0) is 63.5 Å². The minimum atomic E-state index is -0.171. The fourth-order valence-corrected chi connectivity index (χ4v) is 6.82. The standard InChI is InChI=1S/C29H38ClN5O5/c30-23-5-3-12-31-27(23)40-21-9-15-34(29(18-21)10-11-29)25(37)19-35-24-6-2-1-4-22(24)26(32-35)28(38)33-13-7-20(8-14-33)39-17-16-36/h3,5,12,20-21,36H,1-2,4,6-11,13-19H2/t21-/m1/s1. The van der Waals surface area contributed by atoms with Gasteiger partial charge in [0.15, 0.2) is 5.69 Å². The number of aliphatic hydroxyl groups is 1. The van der Waals surface area contributed by atoms with E-state index in [1.165, 1.54) is 0 Å². The average Bonchev–Trinajstić information content (AvgIpc) is 3.64. The molecular weight excluding hydrogens is 534 g/mol. The molecule has 1 N–H and O–H groups in total. The maximum Gasteiger partial charge on any atom is 0.274 e. The molecule has 1 atom stereocenters. The molecule has 11 heteroatoms. The van der Waals surface area contributed by atoms with Crippen molar-refractivity contribution in [2.45, 2.75) is 88.5 Å². The third-order valence-corrected chi connectivity index (χ3v) is 9.19. The van der Waals surface area contributed by atoms with Crippen molar-refractivity contribution in [1.82, 2.24) is 24.6 Å². The summed E-state index contributed by atoms with van der Waals surface area (Å²) in [5.74, 6) is 0.463. The monoisotopic (exact) mass is 571 g/mol. The maximum atomic E-state index is 13.7. The number of aliphatic hydroxyl groups excluding tert-OH is 1. The van der Waals surface area contributed by atoms with Crippen LogP contribution in [-0.4, -0.2) is 92.1 Å². The van der Waals surface area contributed by atoms with Crippen molar-refractivity contribution in [1.29, 1.82) is 0 Å². The van der Waals surface area contributed by atoms with Crippen LogP contribution in [0.15, 0.2) is 18.3 Å². The maximum absolute atomic E-state index is 13.7. The average molecular weight is 572 g/mol. The molecule has 2 aliphatic carbocycles. The van der Waals surface area contributed by atoms with Crippen molar-refractivity contribution < 1.29 is 24.2 Å². The van der Waals surface area contributed by atoms with Crippen molar-refractivity contribution in [3.63, 3.8) is 0 Å². The first kappa shape index (κ1) is 27.5. The van der Waals surface area contributed by atoms with Crippen LogP contribution in [0.1, 0.15) is 73.1 Å². The van der Waals surface area contributed by atoms with E-state index in [2.05, 4.69) is 4.98 Å². The molecule has 2 amide bonds. The molecule has 0 aromatic carbocycles. The second-order valence-electron chi connectivity index (χ2n) is 11.5. The van der Waals surface area contributed by atoms with E-state index in [1.807, 2.05) is 14.5 Å². The van der Waals surface area contributed by atoms with Gasteiger partial charge in [0.1, 0.15) is 17.7 Å². The van der Waals surface area contributed by atoms with Gasteiger partial charge in [0.25, 0.3) is 5.91 Å². The fourth-order valence-electron chi connectivity index (χ4n) is 6.65. The Hall–Kier alpha value is -2.69. The topological polar surface area (TPSA) is 110 Å². The molecule has 2 aromatic rings. The van der Waals surface area contributed by atoms with E-state index in [9.17, 15) is 9.59 Å². The Kier molecular flexibility index (Phi) is 8.01. The zero-order chi connectivity index (χ0) is 27.7. The molecule has 1 saturated carbocycles. The summed E-state index contributed by atoms with van der Waals surface area (Å²) in [7, 11) is 0. The summed E-state index contributed by atoms with van der Waals surface area (Å²) in [6, 6.07) is 3.55. The number of likely N-dealkylation sites (tertiary alicyclic amines) is 2. The lowest BCUT2D eigenvalue weighted by Crippen LogP contribution is -2.51. The largest absolute Gasteiger partial charge is 0.473 e. The van der Waals surface area contributed by atoms with Crippen LogP contribution < -0.4 is 4.74 Å². The van der Waals surface area contributed by atoms with E-state index in [0.29, 0.717) is 42.8 Å². The highest BCUT2D eigenvalue weighted by Gasteiger charge is 2.54. The highest BCUT2D eigenvalue weighted by Crippen LogP contribution is 2.49. The summed E-state index contributed by atoms with van der Waals surface area (Å²) in [6.07, 6.45) is 10.4. The van der Waals surface area contributed by atoms with Crippen molar-refractivity contribution in [3.8, 4) is 5.88 Å². The lowest BCUT2D eigenvalue weighted by molar-refractivity contribution is -0.138. The Morgan fingerprint density at radius 2 is 1.88 bits per heavy atom. The molecule has 0 radical (unpaired) electrons. The van der Waals surface area contributed by atoms with Crippen LogP contribution in [0, 0.1) is 0 Å². The van der Waals surface area contributed by atoms with Crippen molar-refractivity contribution in [3.05, 3.63) is 40.3 Å². The van der Waals surface area contributed by atoms with Crippen LogP contribution in [0.2, 0.25) is 5.02 Å². The molecule has 1 spiro atoms. The molecule has 40 heavy (non-hydrogen) atoms. The van der Waals surface area contributed by atoms with Gasteiger partial charge >= 0.3 is 0 Å². The van der Waals surface area contributed by atoms with Gasteiger partial charge in [-0.25, -0.2) is 4.98 Å². The number of amides is 2. The number of hydrogen-bond donors (Lipinski definition) is 1. The van der Waals surface area contributed by atoms with Crippen LogP contribution in [0.5, 0.6) is 5.88 Å². The minimum Gasteiger partial charge on any atom is -0.473 e. The Morgan fingerprint density at radius 1 is 1.10 bits per heavy atom. The lowest BCUT2D eigenvalue weighted by atomic mass is 9.95. The summed E-state index contributed by atoms with van der Waals surface area (Å²) in [4.78, 5) is 35.4. The van der Waals surface area contributed by atoms with E-state index in [0.717, 1.165) is 75.5 Å². The third-order valence-electron chi connectivity index (χ3n) is 8.90. The van der Waals surface area contributed by atoms with Gasteiger partial charge in [0.05, 0.1) is 19.3 Å². The molecule has 10 nitrogen and oxygen atoms in total. The Bertz CT molecular complexity index is 1240. The van der Waals surface area contributed by atoms with Gasteiger partial charge in [-0.15, -0.1) is 0 Å². The highest BCUT2D eigenvalue weighted by atomic mass is 35.5. The van der Waals surface area contributed by atoms with E-state index < -0.39 is 0 Å². The molecule has 2 saturated heterocycles. The number of pyridine rings is 1. The van der Waals surface area contributed by atoms with Gasteiger partial charge in [-0.1, -0.05) is 11.6 Å². The molecular formula is C29H38ClN5O5. The van der Waals surface area contributed by atoms with Crippen LogP contribution in [0.3, 0.4) is 0 Å². The molecule has 3 fully saturated rings. The number of rotatable bonds is 8. The smallest absolute Gasteiger partial charge is 0.274 e. The predicted molar refractivity (Wildman–Crippen MR) is 147 cm³/mol. The van der Waals surface area contributed by atoms with Crippen LogP contribution in [-0.2, 0) is 28.9 Å². The molecule has 216 valence electrons. The summed E-state index contributed by atoms with van der Waals surface area (Å²) in [5.41, 5.74) is 2.40. The zero-order valence-corrected chi connectivity index (χ0v) is 23.7. The Balaban J connectivity index is 1.12. The van der Waals surface area contributed by atoms with Gasteiger partial charge < -0.3 is 24.4 Å². The van der Waals surface area contributed by atoms with Crippen LogP contribution in [0.4, 0.5) is 0 Å². The lowest BCUT2D eigenvalue weighted by Gasteiger charge is -2.40. The van der Waals surface area contributed by atoms with Crippen molar-refractivity contribution in [2.75, 3.05) is 32.8 Å². The Labute approximate surface area is 239 Å². The van der Waals surface area contributed by atoms with Gasteiger partial charge in [-0.2, -0.15) is 5.10 Å². The second-order valence-corrected chi connectivity index (χ2v) is 11.9. The SMILES string of the molecule is O=C(c1nn(CC(=O)N2CC[C@@H](Oc3ncccc3Cl)CC23CC3)c2c1CCCC2)N1CCC(OCCO)CC1. The zero-order valence-electron chi connectivity index (χ0n) is 22.9. The molecule has 0 unspecified atom stereocenters. The summed E-state index contributed by atoms with van der Waals surface area (Å²) in [6.45, 7) is 2.34. The number of halogens is 1. The quantitative estimate of drug-likeness (QED) is 0.518. The predicted octanol–water partition coefficient (Wildman–Crippen LogP) is 3.03. The van der Waals surface area contributed by atoms with Crippen LogP contribution >= 0.6 is 11.6 Å².